The third-order valence-electron chi connectivity index (χ3n) is 4.50. The molecule has 1 aliphatic heterocycles. The second-order valence-electron chi connectivity index (χ2n) is 6.27. The lowest BCUT2D eigenvalue weighted by molar-refractivity contribution is -0.134. The van der Waals surface area contributed by atoms with Crippen LogP contribution in [0.2, 0.25) is 0 Å². The summed E-state index contributed by atoms with van der Waals surface area (Å²) in [4.78, 5) is 14.8. The van der Waals surface area contributed by atoms with Crippen molar-refractivity contribution in [2.45, 2.75) is 58.0 Å². The first-order valence-corrected chi connectivity index (χ1v) is 8.57. The van der Waals surface area contributed by atoms with Gasteiger partial charge >= 0.3 is 0 Å². The van der Waals surface area contributed by atoms with Crippen molar-refractivity contribution in [3.63, 3.8) is 0 Å². The van der Waals surface area contributed by atoms with Crippen LogP contribution >= 0.6 is 0 Å². The van der Waals surface area contributed by atoms with Crippen molar-refractivity contribution in [2.24, 2.45) is 0 Å². The van der Waals surface area contributed by atoms with Gasteiger partial charge in [-0.15, -0.1) is 0 Å². The minimum atomic E-state index is 0.100. The number of furan rings is 1. The van der Waals surface area contributed by atoms with E-state index in [1.54, 1.807) is 6.20 Å². The van der Waals surface area contributed by atoms with Gasteiger partial charge in [0, 0.05) is 31.9 Å². The van der Waals surface area contributed by atoms with Gasteiger partial charge in [-0.1, -0.05) is 12.8 Å². The molecule has 1 fully saturated rings. The van der Waals surface area contributed by atoms with Crippen molar-refractivity contribution < 1.29 is 9.21 Å². The summed E-state index contributed by atoms with van der Waals surface area (Å²) in [7, 11) is 0. The van der Waals surface area contributed by atoms with Crippen LogP contribution in [0.25, 0.3) is 0 Å². The molecule has 0 spiro atoms. The van der Waals surface area contributed by atoms with Crippen LogP contribution in [0, 0.1) is 6.92 Å². The van der Waals surface area contributed by atoms with Crippen LogP contribution in [0.4, 0.5) is 0 Å². The van der Waals surface area contributed by atoms with E-state index in [4.69, 9.17) is 4.42 Å². The first-order chi connectivity index (χ1) is 11.2. The zero-order valence-electron chi connectivity index (χ0n) is 13.8. The summed E-state index contributed by atoms with van der Waals surface area (Å²) >= 11 is 0. The minimum Gasteiger partial charge on any atom is -0.464 e. The maximum atomic E-state index is 12.7. The normalized spacial score (nSPS) is 18.8. The molecule has 2 aromatic rings. The molecule has 1 amide bonds. The third kappa shape index (κ3) is 4.03. The number of hydrogen-bond donors (Lipinski definition) is 0. The Morgan fingerprint density at radius 1 is 1.35 bits per heavy atom. The number of hydrogen-bond acceptors (Lipinski definition) is 3. The predicted molar refractivity (Wildman–Crippen MR) is 87.8 cm³/mol. The molecule has 3 rings (SSSR count). The highest BCUT2D eigenvalue weighted by molar-refractivity contribution is 5.76. The Morgan fingerprint density at radius 2 is 2.26 bits per heavy atom. The van der Waals surface area contributed by atoms with Crippen molar-refractivity contribution in [3.05, 3.63) is 42.1 Å². The lowest BCUT2D eigenvalue weighted by Crippen LogP contribution is -2.34. The largest absolute Gasteiger partial charge is 0.464 e. The molecule has 5 heteroatoms. The molecule has 1 atom stereocenters. The van der Waals surface area contributed by atoms with Crippen LogP contribution in [0.3, 0.4) is 0 Å². The number of carbonyl (C=O) groups excluding carboxylic acids is 1. The van der Waals surface area contributed by atoms with Crippen LogP contribution in [0.15, 0.2) is 35.0 Å². The number of carbonyl (C=O) groups is 1. The highest BCUT2D eigenvalue weighted by Gasteiger charge is 2.28. The van der Waals surface area contributed by atoms with E-state index in [0.717, 1.165) is 50.3 Å². The van der Waals surface area contributed by atoms with E-state index in [-0.39, 0.29) is 11.9 Å². The topological polar surface area (TPSA) is 51.3 Å². The van der Waals surface area contributed by atoms with E-state index in [1.165, 1.54) is 6.42 Å². The van der Waals surface area contributed by atoms with E-state index in [1.807, 2.05) is 40.9 Å². The molecular formula is C18H25N3O2. The highest BCUT2D eigenvalue weighted by Crippen LogP contribution is 2.31. The van der Waals surface area contributed by atoms with Crippen molar-refractivity contribution in [1.82, 2.24) is 14.7 Å². The van der Waals surface area contributed by atoms with Gasteiger partial charge in [0.05, 0.1) is 6.04 Å². The summed E-state index contributed by atoms with van der Waals surface area (Å²) < 4.78 is 7.69. The second-order valence-corrected chi connectivity index (χ2v) is 6.27. The molecule has 1 unspecified atom stereocenters. The third-order valence-corrected chi connectivity index (χ3v) is 4.50. The van der Waals surface area contributed by atoms with Crippen molar-refractivity contribution >= 4 is 5.91 Å². The molecule has 2 aromatic heterocycles. The van der Waals surface area contributed by atoms with Gasteiger partial charge in [-0.05, 0) is 44.4 Å². The Morgan fingerprint density at radius 3 is 3.00 bits per heavy atom. The SMILES string of the molecule is Cc1ccc(C2CCCCCN2C(=O)CCCn2cccn2)o1. The number of rotatable bonds is 5. The van der Waals surface area contributed by atoms with Gasteiger partial charge in [0.1, 0.15) is 11.5 Å². The zero-order chi connectivity index (χ0) is 16.1. The van der Waals surface area contributed by atoms with Gasteiger partial charge in [0.25, 0.3) is 0 Å². The molecule has 0 aromatic carbocycles. The smallest absolute Gasteiger partial charge is 0.223 e. The molecule has 0 bridgehead atoms. The van der Waals surface area contributed by atoms with E-state index in [2.05, 4.69) is 5.10 Å². The summed E-state index contributed by atoms with van der Waals surface area (Å²) in [6.07, 6.45) is 9.52. The summed E-state index contributed by atoms with van der Waals surface area (Å²) in [6, 6.07) is 6.02. The standard InChI is InChI=1S/C18H25N3O2/c1-15-9-10-17(23-15)16-7-3-2-4-14-21(16)18(22)8-5-12-20-13-6-11-19-20/h6,9-11,13,16H,2-5,7-8,12,14H2,1H3. The molecular weight excluding hydrogens is 290 g/mol. The molecule has 1 aliphatic rings. The van der Waals surface area contributed by atoms with Gasteiger partial charge in [-0.3, -0.25) is 9.48 Å². The molecule has 1 saturated heterocycles. The molecule has 23 heavy (non-hydrogen) atoms. The molecule has 3 heterocycles. The average molecular weight is 315 g/mol. The van der Waals surface area contributed by atoms with Crippen LogP contribution < -0.4 is 0 Å². The Bertz CT molecular complexity index is 618. The van der Waals surface area contributed by atoms with Gasteiger partial charge in [-0.2, -0.15) is 5.10 Å². The molecule has 0 radical (unpaired) electrons. The Hall–Kier alpha value is -2.04. The highest BCUT2D eigenvalue weighted by atomic mass is 16.3. The van der Waals surface area contributed by atoms with Crippen molar-refractivity contribution in [3.8, 4) is 0 Å². The van der Waals surface area contributed by atoms with Crippen LogP contribution in [0.5, 0.6) is 0 Å². The first kappa shape index (κ1) is 15.8. The molecule has 124 valence electrons. The fraction of sp³-hybridized carbons (Fsp3) is 0.556. The maximum Gasteiger partial charge on any atom is 0.223 e. The van der Waals surface area contributed by atoms with E-state index >= 15 is 0 Å². The number of nitrogens with zero attached hydrogens (tertiary/aromatic N) is 3. The first-order valence-electron chi connectivity index (χ1n) is 8.57. The summed E-state index contributed by atoms with van der Waals surface area (Å²) in [6.45, 7) is 3.58. The van der Waals surface area contributed by atoms with Crippen LogP contribution in [0.1, 0.15) is 56.1 Å². The van der Waals surface area contributed by atoms with Gasteiger partial charge in [0.15, 0.2) is 0 Å². The monoisotopic (exact) mass is 315 g/mol. The van der Waals surface area contributed by atoms with Crippen LogP contribution in [-0.2, 0) is 11.3 Å². The van der Waals surface area contributed by atoms with E-state index in [9.17, 15) is 4.79 Å². The Kier molecular flexibility index (Phi) is 5.16. The maximum absolute atomic E-state index is 12.7. The van der Waals surface area contributed by atoms with E-state index in [0.29, 0.717) is 6.42 Å². The predicted octanol–water partition coefficient (Wildman–Crippen LogP) is 3.71. The summed E-state index contributed by atoms with van der Waals surface area (Å²) in [5.74, 6) is 2.08. The van der Waals surface area contributed by atoms with Crippen molar-refractivity contribution in [2.75, 3.05) is 6.54 Å². The number of amides is 1. The Balaban J connectivity index is 1.62. The van der Waals surface area contributed by atoms with E-state index < -0.39 is 0 Å². The number of aromatic nitrogens is 2. The lowest BCUT2D eigenvalue weighted by atomic mass is 10.1. The molecule has 0 aliphatic carbocycles. The molecule has 0 N–H and O–H groups in total. The fourth-order valence-electron chi connectivity index (χ4n) is 3.30. The van der Waals surface area contributed by atoms with Gasteiger partial charge in [0.2, 0.25) is 5.91 Å². The second kappa shape index (κ2) is 7.49. The quantitative estimate of drug-likeness (QED) is 0.845. The van der Waals surface area contributed by atoms with Crippen LogP contribution in [-0.4, -0.2) is 27.1 Å². The summed E-state index contributed by atoms with van der Waals surface area (Å²) in [5, 5.41) is 4.18. The van der Waals surface area contributed by atoms with Gasteiger partial charge in [-0.25, -0.2) is 0 Å². The fourth-order valence-corrected chi connectivity index (χ4v) is 3.30. The summed E-state index contributed by atoms with van der Waals surface area (Å²) in [5.41, 5.74) is 0. The minimum absolute atomic E-state index is 0.100. The lowest BCUT2D eigenvalue weighted by Gasteiger charge is -2.28. The zero-order valence-corrected chi connectivity index (χ0v) is 13.8. The molecule has 5 nitrogen and oxygen atoms in total. The molecule has 0 saturated carbocycles. The number of likely N-dealkylation sites (tertiary alicyclic amines) is 1. The number of aryl methyl sites for hydroxylation is 2. The average Bonchev–Trinajstić information content (AvgIpc) is 3.14. The Labute approximate surface area is 137 Å². The van der Waals surface area contributed by atoms with Gasteiger partial charge < -0.3 is 9.32 Å². The van der Waals surface area contributed by atoms with Crippen molar-refractivity contribution in [1.29, 1.82) is 0 Å².